The van der Waals surface area contributed by atoms with Gasteiger partial charge in [0.15, 0.2) is 0 Å². The minimum Gasteiger partial charge on any atom is -0.497 e. The Morgan fingerprint density at radius 1 is 1.19 bits per heavy atom. The third-order valence-corrected chi connectivity index (χ3v) is 4.10. The van der Waals surface area contributed by atoms with Crippen molar-refractivity contribution in [1.82, 2.24) is 5.32 Å². The molecule has 27 heavy (non-hydrogen) atoms. The van der Waals surface area contributed by atoms with Crippen LogP contribution in [0.1, 0.15) is 25.0 Å². The number of hydrogen-bond donors (Lipinski definition) is 3. The van der Waals surface area contributed by atoms with Crippen LogP contribution in [0.5, 0.6) is 11.5 Å². The number of aliphatic hydroxyl groups excluding tert-OH is 1. The van der Waals surface area contributed by atoms with Gasteiger partial charge in [-0.3, -0.25) is 4.79 Å². The SMILES string of the molecule is COc1ccc(OC)c(NC(=O)CC(C)NCC(O)c2ccccc2F)c1. The lowest BCUT2D eigenvalue weighted by Crippen LogP contribution is -2.33. The second-order valence-corrected chi connectivity index (χ2v) is 6.17. The maximum absolute atomic E-state index is 13.7. The van der Waals surface area contributed by atoms with Gasteiger partial charge in [0.25, 0.3) is 0 Å². The highest BCUT2D eigenvalue weighted by Gasteiger charge is 2.16. The first-order chi connectivity index (χ1) is 12.9. The quantitative estimate of drug-likeness (QED) is 0.627. The molecule has 146 valence electrons. The van der Waals surface area contributed by atoms with Crippen molar-refractivity contribution in [2.24, 2.45) is 0 Å². The van der Waals surface area contributed by atoms with Crippen molar-refractivity contribution in [3.8, 4) is 11.5 Å². The molecule has 2 unspecified atom stereocenters. The van der Waals surface area contributed by atoms with Crippen molar-refractivity contribution >= 4 is 11.6 Å². The molecule has 7 heteroatoms. The van der Waals surface area contributed by atoms with E-state index in [1.807, 2.05) is 6.92 Å². The van der Waals surface area contributed by atoms with Crippen LogP contribution in [0.2, 0.25) is 0 Å². The molecule has 0 heterocycles. The number of carbonyl (C=O) groups is 1. The number of hydrogen-bond acceptors (Lipinski definition) is 5. The summed E-state index contributed by atoms with van der Waals surface area (Å²) in [5.41, 5.74) is 0.739. The Labute approximate surface area is 158 Å². The summed E-state index contributed by atoms with van der Waals surface area (Å²) in [6.07, 6.45) is -0.820. The highest BCUT2D eigenvalue weighted by Crippen LogP contribution is 2.29. The summed E-state index contributed by atoms with van der Waals surface area (Å²) < 4.78 is 24.1. The van der Waals surface area contributed by atoms with Gasteiger partial charge in [0, 0.05) is 30.6 Å². The Morgan fingerprint density at radius 2 is 1.93 bits per heavy atom. The van der Waals surface area contributed by atoms with E-state index < -0.39 is 11.9 Å². The van der Waals surface area contributed by atoms with Gasteiger partial charge in [-0.2, -0.15) is 0 Å². The largest absolute Gasteiger partial charge is 0.497 e. The topological polar surface area (TPSA) is 79.8 Å². The Hall–Kier alpha value is -2.64. The Bertz CT molecular complexity index is 769. The molecular weight excluding hydrogens is 351 g/mol. The van der Waals surface area contributed by atoms with Crippen molar-refractivity contribution in [2.45, 2.75) is 25.5 Å². The molecule has 0 saturated heterocycles. The molecule has 0 bridgehead atoms. The zero-order valence-electron chi connectivity index (χ0n) is 15.7. The molecule has 2 rings (SSSR count). The van der Waals surface area contributed by atoms with Gasteiger partial charge in [0.1, 0.15) is 17.3 Å². The van der Waals surface area contributed by atoms with E-state index in [9.17, 15) is 14.3 Å². The van der Waals surface area contributed by atoms with Crippen LogP contribution in [0.4, 0.5) is 10.1 Å². The highest BCUT2D eigenvalue weighted by molar-refractivity contribution is 5.92. The van der Waals surface area contributed by atoms with Gasteiger partial charge in [0.05, 0.1) is 26.0 Å². The van der Waals surface area contributed by atoms with Gasteiger partial charge in [-0.1, -0.05) is 18.2 Å². The highest BCUT2D eigenvalue weighted by atomic mass is 19.1. The van der Waals surface area contributed by atoms with Crippen LogP contribution in [0, 0.1) is 5.82 Å². The van der Waals surface area contributed by atoms with E-state index in [1.165, 1.54) is 19.2 Å². The maximum atomic E-state index is 13.7. The first kappa shape index (κ1) is 20.7. The minimum atomic E-state index is -0.991. The fourth-order valence-electron chi connectivity index (χ4n) is 2.63. The second-order valence-electron chi connectivity index (χ2n) is 6.17. The maximum Gasteiger partial charge on any atom is 0.226 e. The number of benzene rings is 2. The lowest BCUT2D eigenvalue weighted by Gasteiger charge is -2.18. The summed E-state index contributed by atoms with van der Waals surface area (Å²) in [6.45, 7) is 1.95. The summed E-state index contributed by atoms with van der Waals surface area (Å²) in [5, 5.41) is 15.9. The molecule has 2 aromatic carbocycles. The predicted molar refractivity (Wildman–Crippen MR) is 102 cm³/mol. The van der Waals surface area contributed by atoms with Gasteiger partial charge < -0.3 is 25.2 Å². The van der Waals surface area contributed by atoms with Crippen molar-refractivity contribution in [2.75, 3.05) is 26.1 Å². The number of amides is 1. The number of anilines is 1. The smallest absolute Gasteiger partial charge is 0.226 e. The number of carbonyl (C=O) groups excluding carboxylic acids is 1. The molecule has 0 aliphatic rings. The summed E-state index contributed by atoms with van der Waals surface area (Å²) in [4.78, 5) is 12.3. The van der Waals surface area contributed by atoms with E-state index in [-0.39, 0.29) is 30.5 Å². The van der Waals surface area contributed by atoms with Gasteiger partial charge in [-0.05, 0) is 25.1 Å². The first-order valence-electron chi connectivity index (χ1n) is 8.62. The number of aliphatic hydroxyl groups is 1. The summed E-state index contributed by atoms with van der Waals surface area (Å²) in [6, 6.07) is 11.0. The average Bonchev–Trinajstić information content (AvgIpc) is 2.66. The molecule has 1 amide bonds. The van der Waals surface area contributed by atoms with Crippen molar-refractivity contribution in [1.29, 1.82) is 0 Å². The normalized spacial score (nSPS) is 12.9. The van der Waals surface area contributed by atoms with Gasteiger partial charge in [-0.25, -0.2) is 4.39 Å². The van der Waals surface area contributed by atoms with Crippen molar-refractivity contribution in [3.63, 3.8) is 0 Å². The van der Waals surface area contributed by atoms with Crippen LogP contribution in [-0.2, 0) is 4.79 Å². The third-order valence-electron chi connectivity index (χ3n) is 4.10. The summed E-state index contributed by atoms with van der Waals surface area (Å²) in [5.74, 6) is 0.453. The second kappa shape index (κ2) is 9.89. The number of methoxy groups -OCH3 is 2. The van der Waals surface area contributed by atoms with Gasteiger partial charge in [-0.15, -0.1) is 0 Å². The fraction of sp³-hybridized carbons (Fsp3) is 0.350. The molecule has 3 N–H and O–H groups in total. The molecule has 2 aromatic rings. The summed E-state index contributed by atoms with van der Waals surface area (Å²) >= 11 is 0. The number of nitrogens with one attached hydrogen (secondary N) is 2. The van der Waals surface area contributed by atoms with Crippen LogP contribution in [0.15, 0.2) is 42.5 Å². The molecule has 0 aliphatic heterocycles. The van der Waals surface area contributed by atoms with E-state index in [1.54, 1.807) is 37.4 Å². The Balaban J connectivity index is 1.88. The molecule has 0 aliphatic carbocycles. The molecule has 0 saturated carbocycles. The zero-order valence-corrected chi connectivity index (χ0v) is 15.7. The molecule has 6 nitrogen and oxygen atoms in total. The van der Waals surface area contributed by atoms with Crippen LogP contribution in [-0.4, -0.2) is 37.8 Å². The minimum absolute atomic E-state index is 0.137. The van der Waals surface area contributed by atoms with Gasteiger partial charge in [0.2, 0.25) is 5.91 Å². The lowest BCUT2D eigenvalue weighted by molar-refractivity contribution is -0.116. The van der Waals surface area contributed by atoms with Crippen molar-refractivity contribution < 1.29 is 23.8 Å². The summed E-state index contributed by atoms with van der Waals surface area (Å²) in [7, 11) is 3.06. The molecular formula is C20H25FN2O4. The predicted octanol–water partition coefficient (Wildman–Crippen LogP) is 2.88. The first-order valence-corrected chi connectivity index (χ1v) is 8.62. The van der Waals surface area contributed by atoms with E-state index >= 15 is 0 Å². The molecule has 0 spiro atoms. The van der Waals surface area contributed by atoms with Crippen LogP contribution in [0.25, 0.3) is 0 Å². The standard InChI is InChI=1S/C20H25FN2O4/c1-13(22-12-18(24)15-6-4-5-7-16(15)21)10-20(25)23-17-11-14(26-2)8-9-19(17)27-3/h4-9,11,13,18,22,24H,10,12H2,1-3H3,(H,23,25). The fourth-order valence-corrected chi connectivity index (χ4v) is 2.63. The van der Waals surface area contributed by atoms with Crippen LogP contribution < -0.4 is 20.1 Å². The van der Waals surface area contributed by atoms with Gasteiger partial charge >= 0.3 is 0 Å². The number of halogens is 1. The Kier molecular flexibility index (Phi) is 7.57. The van der Waals surface area contributed by atoms with E-state index in [0.29, 0.717) is 17.2 Å². The van der Waals surface area contributed by atoms with E-state index in [2.05, 4.69) is 10.6 Å². The van der Waals surface area contributed by atoms with E-state index in [0.717, 1.165) is 0 Å². The molecule has 0 fully saturated rings. The molecule has 0 aromatic heterocycles. The zero-order chi connectivity index (χ0) is 19.8. The Morgan fingerprint density at radius 3 is 2.59 bits per heavy atom. The van der Waals surface area contributed by atoms with E-state index in [4.69, 9.17) is 9.47 Å². The average molecular weight is 376 g/mol. The number of rotatable bonds is 9. The number of ether oxygens (including phenoxy) is 2. The van der Waals surface area contributed by atoms with Crippen LogP contribution >= 0.6 is 0 Å². The van der Waals surface area contributed by atoms with Crippen LogP contribution in [0.3, 0.4) is 0 Å². The lowest BCUT2D eigenvalue weighted by atomic mass is 10.1. The molecule has 0 radical (unpaired) electrons. The monoisotopic (exact) mass is 376 g/mol. The third kappa shape index (κ3) is 5.94. The molecule has 2 atom stereocenters. The van der Waals surface area contributed by atoms with Crippen molar-refractivity contribution in [3.05, 3.63) is 53.8 Å².